The van der Waals surface area contributed by atoms with Crippen LogP contribution < -0.4 is 10.6 Å². The number of carbonyl (C=O) groups excluding carboxylic acids is 2. The maximum Gasteiger partial charge on any atom is 0.303 e. The van der Waals surface area contributed by atoms with Gasteiger partial charge in [-0.25, -0.2) is 0 Å². The van der Waals surface area contributed by atoms with Crippen molar-refractivity contribution in [2.75, 3.05) is 10.6 Å². The van der Waals surface area contributed by atoms with Gasteiger partial charge in [0.2, 0.25) is 0 Å². The van der Waals surface area contributed by atoms with Crippen LogP contribution in [0.4, 0.5) is 11.4 Å². The van der Waals surface area contributed by atoms with Gasteiger partial charge in [0.25, 0.3) is 0 Å². The van der Waals surface area contributed by atoms with Crippen molar-refractivity contribution < 1.29 is 19.1 Å². The summed E-state index contributed by atoms with van der Waals surface area (Å²) in [5.41, 5.74) is 4.79. The first kappa shape index (κ1) is 16.2. The quantitative estimate of drug-likeness (QED) is 0.805. The monoisotopic (exact) mass is 350 g/mol. The van der Waals surface area contributed by atoms with Gasteiger partial charge in [-0.2, -0.15) is 0 Å². The van der Waals surface area contributed by atoms with Crippen molar-refractivity contribution in [1.82, 2.24) is 0 Å². The number of hydrogen-bond acceptors (Lipinski definition) is 6. The lowest BCUT2D eigenvalue weighted by atomic mass is 10.0. The van der Waals surface area contributed by atoms with Crippen LogP contribution in [0.5, 0.6) is 0 Å². The third-order valence-corrected chi connectivity index (χ3v) is 4.41. The van der Waals surface area contributed by atoms with Gasteiger partial charge in [0.1, 0.15) is 0 Å². The molecular weight excluding hydrogens is 332 g/mol. The van der Waals surface area contributed by atoms with Crippen molar-refractivity contribution in [2.24, 2.45) is 0 Å². The van der Waals surface area contributed by atoms with E-state index in [9.17, 15) is 9.59 Å². The Balaban J connectivity index is 1.84. The van der Waals surface area contributed by atoms with E-state index in [0.717, 1.165) is 22.5 Å². The number of ether oxygens (including phenoxy) is 2. The van der Waals surface area contributed by atoms with E-state index in [1.54, 1.807) is 0 Å². The molecule has 2 aromatic rings. The highest BCUT2D eigenvalue weighted by Crippen LogP contribution is 2.47. The van der Waals surface area contributed by atoms with Gasteiger partial charge in [-0.05, 0) is 12.1 Å². The SMILES string of the molecule is CC(=O)OC1/C(=C2\Nc3ccccc3C2OC(C)=O)Nc2ccccc21. The highest BCUT2D eigenvalue weighted by molar-refractivity contribution is 5.75. The number of fused-ring (bicyclic) bond motifs is 2. The molecule has 0 saturated carbocycles. The van der Waals surface area contributed by atoms with Crippen LogP contribution in [0, 0.1) is 0 Å². The molecule has 2 aromatic carbocycles. The molecule has 0 aromatic heterocycles. The standard InChI is InChI=1S/C20H18N2O4/c1-11(23)25-19-13-7-3-5-9-15(13)21-17(19)18-20(26-12(2)24)14-8-4-6-10-16(14)22-18/h3-10,19-22H,1-2H3/b18-17+. The van der Waals surface area contributed by atoms with E-state index in [-0.39, 0.29) is 11.9 Å². The first-order chi connectivity index (χ1) is 12.5. The van der Waals surface area contributed by atoms with Crippen LogP contribution in [0.3, 0.4) is 0 Å². The van der Waals surface area contributed by atoms with Gasteiger partial charge in [-0.15, -0.1) is 0 Å². The van der Waals surface area contributed by atoms with Crippen molar-refractivity contribution in [1.29, 1.82) is 0 Å². The van der Waals surface area contributed by atoms with Gasteiger partial charge in [0.05, 0.1) is 11.4 Å². The molecule has 2 heterocycles. The molecule has 6 heteroatoms. The van der Waals surface area contributed by atoms with Gasteiger partial charge in [-0.1, -0.05) is 36.4 Å². The van der Waals surface area contributed by atoms with Crippen LogP contribution in [0.1, 0.15) is 37.2 Å². The Hall–Kier alpha value is -3.28. The molecule has 2 aliphatic rings. The Labute approximate surface area is 150 Å². The van der Waals surface area contributed by atoms with Crippen LogP contribution in [0.15, 0.2) is 59.9 Å². The van der Waals surface area contributed by atoms with Crippen molar-refractivity contribution in [2.45, 2.75) is 26.1 Å². The molecule has 2 atom stereocenters. The van der Waals surface area contributed by atoms with E-state index in [1.807, 2.05) is 48.5 Å². The second-order valence-electron chi connectivity index (χ2n) is 6.23. The summed E-state index contributed by atoms with van der Waals surface area (Å²) in [6, 6.07) is 15.3. The smallest absolute Gasteiger partial charge is 0.303 e. The van der Waals surface area contributed by atoms with E-state index < -0.39 is 12.2 Å². The van der Waals surface area contributed by atoms with Gasteiger partial charge < -0.3 is 20.1 Å². The van der Waals surface area contributed by atoms with Crippen molar-refractivity contribution in [3.8, 4) is 0 Å². The van der Waals surface area contributed by atoms with E-state index in [1.165, 1.54) is 13.8 Å². The number of para-hydroxylation sites is 2. The zero-order chi connectivity index (χ0) is 18.3. The predicted molar refractivity (Wildman–Crippen MR) is 96.2 cm³/mol. The largest absolute Gasteiger partial charge is 0.451 e. The minimum Gasteiger partial charge on any atom is -0.451 e. The van der Waals surface area contributed by atoms with Crippen molar-refractivity contribution >= 4 is 23.3 Å². The molecule has 4 rings (SSSR count). The minimum atomic E-state index is -0.585. The van der Waals surface area contributed by atoms with Crippen LogP contribution in [0.2, 0.25) is 0 Å². The number of benzene rings is 2. The van der Waals surface area contributed by atoms with Gasteiger partial charge in [-0.3, -0.25) is 9.59 Å². The molecule has 0 radical (unpaired) electrons. The summed E-state index contributed by atoms with van der Waals surface area (Å²) in [6.07, 6.45) is -1.17. The Morgan fingerprint density at radius 3 is 1.50 bits per heavy atom. The fraction of sp³-hybridized carbons (Fsp3) is 0.200. The second-order valence-corrected chi connectivity index (χ2v) is 6.23. The van der Waals surface area contributed by atoms with Gasteiger partial charge >= 0.3 is 11.9 Å². The molecule has 2 unspecified atom stereocenters. The minimum absolute atomic E-state index is 0.383. The molecule has 6 nitrogen and oxygen atoms in total. The maximum absolute atomic E-state index is 11.7. The number of esters is 2. The number of carbonyl (C=O) groups is 2. The Bertz CT molecular complexity index is 859. The van der Waals surface area contributed by atoms with E-state index in [0.29, 0.717) is 11.4 Å². The van der Waals surface area contributed by atoms with E-state index in [4.69, 9.17) is 9.47 Å². The second kappa shape index (κ2) is 6.22. The summed E-state index contributed by atoms with van der Waals surface area (Å²) in [7, 11) is 0. The lowest BCUT2D eigenvalue weighted by molar-refractivity contribution is -0.146. The molecule has 0 saturated heterocycles. The van der Waals surface area contributed by atoms with Crippen LogP contribution in [-0.2, 0) is 19.1 Å². The summed E-state index contributed by atoms with van der Waals surface area (Å²) in [5.74, 6) is -0.766. The number of rotatable bonds is 2. The van der Waals surface area contributed by atoms with Crippen LogP contribution >= 0.6 is 0 Å². The third kappa shape index (κ3) is 2.69. The van der Waals surface area contributed by atoms with Crippen molar-refractivity contribution in [3.63, 3.8) is 0 Å². The first-order valence-corrected chi connectivity index (χ1v) is 8.35. The normalized spacial score (nSPS) is 22.7. The average Bonchev–Trinajstić information content (AvgIpc) is 3.13. The van der Waals surface area contributed by atoms with Gasteiger partial charge in [0, 0.05) is 36.3 Å². The Kier molecular flexibility index (Phi) is 3.88. The lowest BCUT2D eigenvalue weighted by Crippen LogP contribution is -2.17. The molecule has 0 bridgehead atoms. The topological polar surface area (TPSA) is 76.7 Å². The first-order valence-electron chi connectivity index (χ1n) is 8.35. The van der Waals surface area contributed by atoms with E-state index in [2.05, 4.69) is 10.6 Å². The zero-order valence-electron chi connectivity index (χ0n) is 14.4. The summed E-state index contributed by atoms with van der Waals surface area (Å²) in [5, 5.41) is 6.64. The van der Waals surface area contributed by atoms with E-state index >= 15 is 0 Å². The summed E-state index contributed by atoms with van der Waals surface area (Å²) in [6.45, 7) is 2.76. The summed E-state index contributed by atoms with van der Waals surface area (Å²) < 4.78 is 11.2. The molecule has 0 fully saturated rings. The number of nitrogens with one attached hydrogen (secondary N) is 2. The highest BCUT2D eigenvalue weighted by Gasteiger charge is 2.39. The molecule has 0 aliphatic carbocycles. The molecule has 2 aliphatic heterocycles. The third-order valence-electron chi connectivity index (χ3n) is 4.41. The Morgan fingerprint density at radius 1 is 0.731 bits per heavy atom. The highest BCUT2D eigenvalue weighted by atomic mass is 16.5. The molecule has 26 heavy (non-hydrogen) atoms. The molecular formula is C20H18N2O4. The molecule has 132 valence electrons. The molecule has 2 N–H and O–H groups in total. The summed E-state index contributed by atoms with van der Waals surface area (Å²) >= 11 is 0. The maximum atomic E-state index is 11.7. The fourth-order valence-corrected chi connectivity index (χ4v) is 3.41. The van der Waals surface area contributed by atoms with Crippen LogP contribution in [0.25, 0.3) is 0 Å². The lowest BCUT2D eigenvalue weighted by Gasteiger charge is -2.19. The fourth-order valence-electron chi connectivity index (χ4n) is 3.41. The Morgan fingerprint density at radius 2 is 1.12 bits per heavy atom. The number of hydrogen-bond donors (Lipinski definition) is 2. The van der Waals surface area contributed by atoms with Crippen molar-refractivity contribution in [3.05, 3.63) is 71.1 Å². The van der Waals surface area contributed by atoms with Gasteiger partial charge in [0.15, 0.2) is 12.2 Å². The average molecular weight is 350 g/mol. The summed E-state index contributed by atoms with van der Waals surface area (Å²) in [4.78, 5) is 23.3. The number of anilines is 2. The zero-order valence-corrected chi connectivity index (χ0v) is 14.4. The predicted octanol–water partition coefficient (Wildman–Crippen LogP) is 3.66. The molecule has 0 amide bonds. The van der Waals surface area contributed by atoms with Crippen LogP contribution in [-0.4, -0.2) is 11.9 Å². The molecule has 0 spiro atoms.